The Morgan fingerprint density at radius 2 is 1.81 bits per heavy atom. The molecule has 0 aromatic heterocycles. The molecule has 1 aliphatic heterocycles. The lowest BCUT2D eigenvalue weighted by molar-refractivity contribution is -0.142. The second-order valence-electron chi connectivity index (χ2n) is 8.53. The van der Waals surface area contributed by atoms with E-state index in [0.717, 1.165) is 42.0 Å². The summed E-state index contributed by atoms with van der Waals surface area (Å²) in [7, 11) is 0. The van der Waals surface area contributed by atoms with Crippen LogP contribution in [0.25, 0.3) is 10.8 Å². The van der Waals surface area contributed by atoms with Crippen molar-refractivity contribution in [1.82, 2.24) is 0 Å². The molecule has 2 aromatic rings. The van der Waals surface area contributed by atoms with Gasteiger partial charge in [-0.05, 0) is 54.9 Å². The molecule has 1 saturated carbocycles. The van der Waals surface area contributed by atoms with E-state index in [9.17, 15) is 9.59 Å². The molecule has 0 unspecified atom stereocenters. The topological polar surface area (TPSA) is 65.0 Å². The van der Waals surface area contributed by atoms with E-state index in [2.05, 4.69) is 31.2 Å². The van der Waals surface area contributed by atoms with Crippen molar-refractivity contribution in [2.24, 2.45) is 10.9 Å². The molecule has 1 heterocycles. The standard InChI is InChI=1S/C26H29NO4/c1-3-30-24(28)16-22-23(15-18-10-11-19-6-4-5-7-20(19)14-18)26(29)31-25(22)27-21-12-8-17(2)9-13-21/h4-7,10-11,14,17,21H,3,8-9,12-13,15-16H2,1-2H3/b27-25-. The van der Waals surface area contributed by atoms with Crippen LogP contribution in [-0.2, 0) is 25.5 Å². The maximum absolute atomic E-state index is 12.8. The number of hydrogen-bond donors (Lipinski definition) is 0. The summed E-state index contributed by atoms with van der Waals surface area (Å²) in [4.78, 5) is 29.8. The van der Waals surface area contributed by atoms with E-state index < -0.39 is 5.97 Å². The van der Waals surface area contributed by atoms with Crippen molar-refractivity contribution >= 4 is 28.6 Å². The summed E-state index contributed by atoms with van der Waals surface area (Å²) in [6.45, 7) is 4.33. The lowest BCUT2D eigenvalue weighted by Crippen LogP contribution is -2.19. The van der Waals surface area contributed by atoms with Crippen molar-refractivity contribution in [3.8, 4) is 0 Å². The van der Waals surface area contributed by atoms with Gasteiger partial charge in [-0.25, -0.2) is 9.79 Å². The van der Waals surface area contributed by atoms with Gasteiger partial charge in [-0.15, -0.1) is 0 Å². The zero-order chi connectivity index (χ0) is 21.8. The van der Waals surface area contributed by atoms with Crippen LogP contribution in [0.2, 0.25) is 0 Å². The number of ether oxygens (including phenoxy) is 2. The highest BCUT2D eigenvalue weighted by Crippen LogP contribution is 2.30. The van der Waals surface area contributed by atoms with Crippen LogP contribution >= 0.6 is 0 Å². The molecule has 0 spiro atoms. The van der Waals surface area contributed by atoms with Crippen LogP contribution < -0.4 is 0 Å². The molecule has 0 atom stereocenters. The molecule has 0 bridgehead atoms. The Kier molecular flexibility index (Phi) is 6.50. The van der Waals surface area contributed by atoms with Crippen molar-refractivity contribution in [1.29, 1.82) is 0 Å². The number of carbonyl (C=O) groups is 2. The maximum Gasteiger partial charge on any atom is 0.341 e. The molecule has 1 aliphatic carbocycles. The zero-order valence-electron chi connectivity index (χ0n) is 18.2. The Labute approximate surface area is 183 Å². The van der Waals surface area contributed by atoms with Gasteiger partial charge < -0.3 is 9.47 Å². The van der Waals surface area contributed by atoms with E-state index in [0.29, 0.717) is 36.0 Å². The molecule has 2 aliphatic rings. The van der Waals surface area contributed by atoms with Gasteiger partial charge in [0, 0.05) is 12.0 Å². The average Bonchev–Trinajstić information content (AvgIpc) is 3.04. The van der Waals surface area contributed by atoms with Crippen LogP contribution in [0, 0.1) is 5.92 Å². The monoisotopic (exact) mass is 419 g/mol. The van der Waals surface area contributed by atoms with Gasteiger partial charge in [-0.3, -0.25) is 4.79 Å². The molecule has 5 heteroatoms. The third-order valence-corrected chi connectivity index (χ3v) is 6.16. The SMILES string of the molecule is CCOC(=O)CC1=C(Cc2ccc3ccccc3c2)C(=O)O/C1=N\C1CCC(C)CC1. The predicted octanol–water partition coefficient (Wildman–Crippen LogP) is 5.17. The predicted molar refractivity (Wildman–Crippen MR) is 121 cm³/mol. The fourth-order valence-electron chi connectivity index (χ4n) is 4.38. The minimum absolute atomic E-state index is 0.00442. The van der Waals surface area contributed by atoms with Gasteiger partial charge in [0.15, 0.2) is 0 Å². The number of fused-ring (bicyclic) bond motifs is 1. The Hall–Kier alpha value is -2.95. The molecule has 31 heavy (non-hydrogen) atoms. The average molecular weight is 420 g/mol. The molecule has 4 rings (SSSR count). The van der Waals surface area contributed by atoms with Crippen LogP contribution in [0.1, 0.15) is 51.5 Å². The molecule has 0 amide bonds. The van der Waals surface area contributed by atoms with E-state index in [1.165, 1.54) is 0 Å². The molecule has 1 fully saturated rings. The Bertz CT molecular complexity index is 1040. The van der Waals surface area contributed by atoms with Gasteiger partial charge in [0.2, 0.25) is 5.90 Å². The molecule has 5 nitrogen and oxygen atoms in total. The van der Waals surface area contributed by atoms with Crippen LogP contribution in [0.4, 0.5) is 0 Å². The molecule has 0 N–H and O–H groups in total. The van der Waals surface area contributed by atoms with Crippen molar-refractivity contribution < 1.29 is 19.1 Å². The van der Waals surface area contributed by atoms with Crippen LogP contribution in [0.5, 0.6) is 0 Å². The zero-order valence-corrected chi connectivity index (χ0v) is 18.2. The normalized spacial score (nSPS) is 22.8. The van der Waals surface area contributed by atoms with E-state index >= 15 is 0 Å². The molecule has 0 saturated heterocycles. The Morgan fingerprint density at radius 1 is 1.06 bits per heavy atom. The number of cyclic esters (lactones) is 1. The minimum Gasteiger partial charge on any atom is -0.466 e. The summed E-state index contributed by atoms with van der Waals surface area (Å²) in [5.74, 6) is 0.251. The van der Waals surface area contributed by atoms with Crippen LogP contribution in [0.15, 0.2) is 58.6 Å². The molecular formula is C26H29NO4. The van der Waals surface area contributed by atoms with Gasteiger partial charge in [0.1, 0.15) is 0 Å². The number of esters is 2. The highest BCUT2D eigenvalue weighted by molar-refractivity contribution is 6.16. The first-order chi connectivity index (χ1) is 15.0. The summed E-state index contributed by atoms with van der Waals surface area (Å²) >= 11 is 0. The Morgan fingerprint density at radius 3 is 2.55 bits per heavy atom. The van der Waals surface area contributed by atoms with E-state index in [1.807, 2.05) is 18.2 Å². The first-order valence-corrected chi connectivity index (χ1v) is 11.2. The Balaban J connectivity index is 1.65. The molecule has 2 aromatic carbocycles. The number of carbonyl (C=O) groups excluding carboxylic acids is 2. The van der Waals surface area contributed by atoms with Gasteiger partial charge >= 0.3 is 11.9 Å². The quantitative estimate of drug-likeness (QED) is 0.606. The molecular weight excluding hydrogens is 390 g/mol. The van der Waals surface area contributed by atoms with Gasteiger partial charge in [0.05, 0.1) is 24.6 Å². The van der Waals surface area contributed by atoms with Gasteiger partial charge in [-0.2, -0.15) is 0 Å². The summed E-state index contributed by atoms with van der Waals surface area (Å²) < 4.78 is 10.7. The number of hydrogen-bond acceptors (Lipinski definition) is 5. The number of benzene rings is 2. The van der Waals surface area contributed by atoms with Crippen LogP contribution in [0.3, 0.4) is 0 Å². The molecule has 162 valence electrons. The maximum atomic E-state index is 12.8. The van der Waals surface area contributed by atoms with Crippen molar-refractivity contribution in [3.63, 3.8) is 0 Å². The second-order valence-corrected chi connectivity index (χ2v) is 8.53. The summed E-state index contributed by atoms with van der Waals surface area (Å²) in [5.41, 5.74) is 2.08. The highest BCUT2D eigenvalue weighted by atomic mass is 16.6. The second kappa shape index (κ2) is 9.46. The fraction of sp³-hybridized carbons (Fsp3) is 0.423. The largest absolute Gasteiger partial charge is 0.466 e. The summed E-state index contributed by atoms with van der Waals surface area (Å²) in [6.07, 6.45) is 4.61. The number of aliphatic imine (C=N–C) groups is 1. The minimum atomic E-state index is -0.407. The van der Waals surface area contributed by atoms with Gasteiger partial charge in [0.25, 0.3) is 0 Å². The van der Waals surface area contributed by atoms with Crippen molar-refractivity contribution in [2.45, 2.75) is 58.4 Å². The third-order valence-electron chi connectivity index (χ3n) is 6.16. The third kappa shape index (κ3) is 5.04. The first-order valence-electron chi connectivity index (χ1n) is 11.2. The van der Waals surface area contributed by atoms with E-state index in [1.54, 1.807) is 6.92 Å². The fourth-order valence-corrected chi connectivity index (χ4v) is 4.38. The van der Waals surface area contributed by atoms with E-state index in [-0.39, 0.29) is 18.4 Å². The summed E-state index contributed by atoms with van der Waals surface area (Å²) in [5, 5.41) is 2.26. The van der Waals surface area contributed by atoms with E-state index in [4.69, 9.17) is 14.5 Å². The smallest absolute Gasteiger partial charge is 0.341 e. The molecule has 0 radical (unpaired) electrons. The van der Waals surface area contributed by atoms with Crippen molar-refractivity contribution in [3.05, 3.63) is 59.2 Å². The number of nitrogens with zero attached hydrogens (tertiary/aromatic N) is 1. The van der Waals surface area contributed by atoms with Crippen molar-refractivity contribution in [2.75, 3.05) is 6.61 Å². The highest BCUT2D eigenvalue weighted by Gasteiger charge is 2.34. The van der Waals surface area contributed by atoms with Gasteiger partial charge in [-0.1, -0.05) is 49.4 Å². The lowest BCUT2D eigenvalue weighted by atomic mass is 9.87. The summed E-state index contributed by atoms with van der Waals surface area (Å²) in [6, 6.07) is 14.4. The lowest BCUT2D eigenvalue weighted by Gasteiger charge is -2.23. The number of rotatable bonds is 6. The van der Waals surface area contributed by atoms with Crippen LogP contribution in [-0.4, -0.2) is 30.5 Å². The first kappa shape index (κ1) is 21.3.